The molecule has 0 saturated heterocycles. The largest absolute Gasteiger partial charge is 0.393 e. The highest BCUT2D eigenvalue weighted by molar-refractivity contribution is 5.87. The molecule has 0 spiro atoms. The predicted molar refractivity (Wildman–Crippen MR) is 82.7 cm³/mol. The Morgan fingerprint density at radius 2 is 1.81 bits per heavy atom. The number of carbonyl (C=O) groups is 1. The summed E-state index contributed by atoms with van der Waals surface area (Å²) in [6.45, 7) is 4.69. The standard InChI is InChI=1S/C19H28O2/c1-18-9-7-13(20)11-12(18)3-4-14-15-5-6-17(21)19(15,2)10-8-16(14)18/h3,13-16,20H,4-11H2,1-2H3/t13-,14+,15+,16?,18+,19+/m1/s1. The monoisotopic (exact) mass is 288 g/mol. The molecule has 0 aromatic heterocycles. The molecule has 4 rings (SSSR count). The van der Waals surface area contributed by atoms with Crippen LogP contribution in [0.3, 0.4) is 0 Å². The number of allylic oxidation sites excluding steroid dienone is 1. The lowest BCUT2D eigenvalue weighted by Gasteiger charge is -2.56. The van der Waals surface area contributed by atoms with Gasteiger partial charge < -0.3 is 5.11 Å². The number of carbonyl (C=O) groups excluding carboxylic acids is 1. The van der Waals surface area contributed by atoms with Gasteiger partial charge >= 0.3 is 0 Å². The van der Waals surface area contributed by atoms with Crippen LogP contribution in [0.2, 0.25) is 0 Å². The van der Waals surface area contributed by atoms with E-state index in [4.69, 9.17) is 0 Å². The molecule has 21 heavy (non-hydrogen) atoms. The molecular formula is C19H28O2. The van der Waals surface area contributed by atoms with Gasteiger partial charge in [-0.15, -0.1) is 0 Å². The number of rotatable bonds is 0. The highest BCUT2D eigenvalue weighted by atomic mass is 16.3. The Hall–Kier alpha value is -0.630. The van der Waals surface area contributed by atoms with Crippen molar-refractivity contribution < 1.29 is 9.90 Å². The average molecular weight is 288 g/mol. The van der Waals surface area contributed by atoms with Crippen LogP contribution in [0.25, 0.3) is 0 Å². The van der Waals surface area contributed by atoms with Crippen LogP contribution < -0.4 is 0 Å². The van der Waals surface area contributed by atoms with Crippen molar-refractivity contribution in [1.29, 1.82) is 0 Å². The number of aliphatic hydroxyl groups is 1. The van der Waals surface area contributed by atoms with Crippen LogP contribution in [0.15, 0.2) is 11.6 Å². The molecule has 0 heterocycles. The number of hydrogen-bond donors (Lipinski definition) is 1. The third-order valence-electron chi connectivity index (χ3n) is 7.79. The number of Topliss-reactive ketones (excluding diaryl/α,β-unsaturated/α-hetero) is 1. The van der Waals surface area contributed by atoms with Crippen molar-refractivity contribution in [2.45, 2.75) is 71.3 Å². The molecule has 3 fully saturated rings. The van der Waals surface area contributed by atoms with E-state index < -0.39 is 0 Å². The Morgan fingerprint density at radius 3 is 2.62 bits per heavy atom. The zero-order valence-corrected chi connectivity index (χ0v) is 13.4. The first kappa shape index (κ1) is 14.0. The van der Waals surface area contributed by atoms with Crippen LogP contribution in [0.4, 0.5) is 0 Å². The number of ketones is 1. The van der Waals surface area contributed by atoms with Gasteiger partial charge in [-0.2, -0.15) is 0 Å². The van der Waals surface area contributed by atoms with Crippen molar-refractivity contribution in [2.75, 3.05) is 0 Å². The van der Waals surface area contributed by atoms with Crippen molar-refractivity contribution in [3.05, 3.63) is 11.6 Å². The summed E-state index contributed by atoms with van der Waals surface area (Å²) in [5.74, 6) is 2.60. The van der Waals surface area contributed by atoms with Crippen molar-refractivity contribution in [1.82, 2.24) is 0 Å². The lowest BCUT2D eigenvalue weighted by Crippen LogP contribution is -2.50. The van der Waals surface area contributed by atoms with Gasteiger partial charge in [-0.25, -0.2) is 0 Å². The van der Waals surface area contributed by atoms with E-state index in [-0.39, 0.29) is 11.5 Å². The maximum atomic E-state index is 12.4. The fourth-order valence-corrected chi connectivity index (χ4v) is 6.41. The van der Waals surface area contributed by atoms with Gasteiger partial charge in [0.05, 0.1) is 6.10 Å². The van der Waals surface area contributed by atoms with Crippen molar-refractivity contribution >= 4 is 5.78 Å². The second kappa shape index (κ2) is 4.44. The Labute approximate surface area is 128 Å². The second-order valence-corrected chi connectivity index (χ2v) is 8.57. The van der Waals surface area contributed by atoms with Crippen LogP contribution in [-0.2, 0) is 4.79 Å². The number of fused-ring (bicyclic) bond motifs is 5. The van der Waals surface area contributed by atoms with Crippen LogP contribution >= 0.6 is 0 Å². The van der Waals surface area contributed by atoms with Crippen LogP contribution in [0, 0.1) is 28.6 Å². The SMILES string of the molecule is C[C@]12CC[C@@H](O)CC1=CC[C@@H]1C2CC[C@]2(C)C(=O)CC[C@@H]12. The van der Waals surface area contributed by atoms with Crippen LogP contribution in [-0.4, -0.2) is 17.0 Å². The van der Waals surface area contributed by atoms with E-state index in [2.05, 4.69) is 19.9 Å². The molecule has 3 saturated carbocycles. The average Bonchev–Trinajstić information content (AvgIpc) is 2.76. The first-order valence-electron chi connectivity index (χ1n) is 8.86. The molecule has 6 atom stereocenters. The third kappa shape index (κ3) is 1.78. The smallest absolute Gasteiger partial charge is 0.139 e. The summed E-state index contributed by atoms with van der Waals surface area (Å²) in [6, 6.07) is 0. The summed E-state index contributed by atoms with van der Waals surface area (Å²) in [4.78, 5) is 12.4. The van der Waals surface area contributed by atoms with Crippen molar-refractivity contribution in [3.8, 4) is 0 Å². The van der Waals surface area contributed by atoms with Gasteiger partial charge in [-0.1, -0.05) is 25.5 Å². The molecule has 0 radical (unpaired) electrons. The van der Waals surface area contributed by atoms with Crippen LogP contribution in [0.1, 0.15) is 65.2 Å². The molecular weight excluding hydrogens is 260 g/mol. The summed E-state index contributed by atoms with van der Waals surface area (Å²) >= 11 is 0. The van der Waals surface area contributed by atoms with E-state index in [1.807, 2.05) is 0 Å². The zero-order chi connectivity index (χ0) is 14.8. The summed E-state index contributed by atoms with van der Waals surface area (Å²) in [5.41, 5.74) is 1.81. The summed E-state index contributed by atoms with van der Waals surface area (Å²) < 4.78 is 0. The van der Waals surface area contributed by atoms with Crippen LogP contribution in [0.5, 0.6) is 0 Å². The van der Waals surface area contributed by atoms with E-state index in [0.717, 1.165) is 50.9 Å². The highest BCUT2D eigenvalue weighted by Gasteiger charge is 2.58. The first-order valence-corrected chi connectivity index (χ1v) is 8.86. The molecule has 4 aliphatic rings. The summed E-state index contributed by atoms with van der Waals surface area (Å²) in [7, 11) is 0. The van der Waals surface area contributed by atoms with Gasteiger partial charge in [0.2, 0.25) is 0 Å². The highest BCUT2D eigenvalue weighted by Crippen LogP contribution is 2.63. The molecule has 1 unspecified atom stereocenters. The lowest BCUT2D eigenvalue weighted by atomic mass is 9.48. The Morgan fingerprint density at radius 1 is 1.10 bits per heavy atom. The van der Waals surface area contributed by atoms with Crippen molar-refractivity contribution in [3.63, 3.8) is 0 Å². The van der Waals surface area contributed by atoms with Gasteiger partial charge in [0.15, 0.2) is 0 Å². The molecule has 0 aromatic carbocycles. The molecule has 1 N–H and O–H groups in total. The Balaban J connectivity index is 1.69. The summed E-state index contributed by atoms with van der Waals surface area (Å²) in [5, 5.41) is 10.00. The molecule has 2 heteroatoms. The minimum absolute atomic E-state index is 0.0168. The Bertz CT molecular complexity index is 508. The molecule has 0 aromatic rings. The maximum Gasteiger partial charge on any atom is 0.139 e. The Kier molecular flexibility index (Phi) is 2.96. The number of aliphatic hydroxyl groups excluding tert-OH is 1. The van der Waals surface area contributed by atoms with Gasteiger partial charge in [0.25, 0.3) is 0 Å². The summed E-state index contributed by atoms with van der Waals surface area (Å²) in [6.07, 6.45) is 10.7. The van der Waals surface area contributed by atoms with E-state index in [1.165, 1.54) is 12.0 Å². The zero-order valence-electron chi connectivity index (χ0n) is 13.4. The van der Waals surface area contributed by atoms with Gasteiger partial charge in [-0.05, 0) is 68.1 Å². The van der Waals surface area contributed by atoms with Gasteiger partial charge in [0, 0.05) is 11.8 Å². The third-order valence-corrected chi connectivity index (χ3v) is 7.79. The molecule has 2 nitrogen and oxygen atoms in total. The van der Waals surface area contributed by atoms with E-state index >= 15 is 0 Å². The second-order valence-electron chi connectivity index (χ2n) is 8.57. The normalized spacial score (nSPS) is 52.7. The van der Waals surface area contributed by atoms with Gasteiger partial charge in [-0.3, -0.25) is 4.79 Å². The minimum Gasteiger partial charge on any atom is -0.393 e. The first-order chi connectivity index (χ1) is 9.95. The molecule has 4 aliphatic carbocycles. The molecule has 0 amide bonds. The molecule has 116 valence electrons. The topological polar surface area (TPSA) is 37.3 Å². The van der Waals surface area contributed by atoms with Gasteiger partial charge in [0.1, 0.15) is 5.78 Å². The van der Waals surface area contributed by atoms with E-state index in [9.17, 15) is 9.90 Å². The van der Waals surface area contributed by atoms with E-state index in [0.29, 0.717) is 23.0 Å². The lowest BCUT2D eigenvalue weighted by molar-refractivity contribution is -0.132. The fourth-order valence-electron chi connectivity index (χ4n) is 6.41. The van der Waals surface area contributed by atoms with Crippen molar-refractivity contribution in [2.24, 2.45) is 28.6 Å². The molecule has 0 bridgehead atoms. The fraction of sp³-hybridized carbons (Fsp3) is 0.842. The maximum absolute atomic E-state index is 12.4. The quantitative estimate of drug-likeness (QED) is 0.687. The van der Waals surface area contributed by atoms with E-state index in [1.54, 1.807) is 0 Å². The molecule has 0 aliphatic heterocycles. The predicted octanol–water partition coefficient (Wildman–Crippen LogP) is 3.88. The number of hydrogen-bond acceptors (Lipinski definition) is 2. The minimum atomic E-state index is -0.122.